The fourth-order valence-corrected chi connectivity index (χ4v) is 1.85. The minimum atomic E-state index is 0.297. The van der Waals surface area contributed by atoms with Gasteiger partial charge in [0.15, 0.2) is 0 Å². The highest BCUT2D eigenvalue weighted by Gasteiger charge is 2.12. The lowest BCUT2D eigenvalue weighted by atomic mass is 10.1. The quantitative estimate of drug-likeness (QED) is 0.847. The topological polar surface area (TPSA) is 47.3 Å². The maximum atomic E-state index is 5.48. The molecule has 1 aromatic rings. The van der Waals surface area contributed by atoms with Crippen molar-refractivity contribution < 1.29 is 9.26 Å². The van der Waals surface area contributed by atoms with E-state index in [1.165, 1.54) is 0 Å². The maximum absolute atomic E-state index is 5.48. The average molecular weight is 222 g/mol. The lowest BCUT2D eigenvalue weighted by molar-refractivity contribution is 0.122. The van der Waals surface area contributed by atoms with E-state index in [0.717, 1.165) is 42.9 Å². The van der Waals surface area contributed by atoms with E-state index in [1.54, 1.807) is 6.26 Å². The summed E-state index contributed by atoms with van der Waals surface area (Å²) < 4.78 is 10.6. The minimum absolute atomic E-state index is 0.297. The van der Waals surface area contributed by atoms with Gasteiger partial charge in [-0.05, 0) is 32.8 Å². The Kier molecular flexibility index (Phi) is 3.62. The van der Waals surface area contributed by atoms with Gasteiger partial charge in [-0.2, -0.15) is 0 Å². The number of aryl methyl sites for hydroxylation is 2. The first-order valence-electron chi connectivity index (χ1n) is 5.70. The fraction of sp³-hybridized carbons (Fsp3) is 0.583. The molecule has 4 nitrogen and oxygen atoms in total. The van der Waals surface area contributed by atoms with E-state index in [4.69, 9.17) is 9.26 Å². The number of hydrogen-bond acceptors (Lipinski definition) is 4. The van der Waals surface area contributed by atoms with E-state index < -0.39 is 0 Å². The highest BCUT2D eigenvalue weighted by Crippen LogP contribution is 2.12. The number of rotatable bonds is 4. The van der Waals surface area contributed by atoms with Crippen molar-refractivity contribution in [3.05, 3.63) is 29.4 Å². The third kappa shape index (κ3) is 2.64. The Balaban J connectivity index is 1.77. The van der Waals surface area contributed by atoms with E-state index in [1.807, 2.05) is 13.8 Å². The summed E-state index contributed by atoms with van der Waals surface area (Å²) in [6.45, 7) is 5.57. The summed E-state index contributed by atoms with van der Waals surface area (Å²) in [6.07, 6.45) is 6.35. The second-order valence-corrected chi connectivity index (χ2v) is 4.14. The van der Waals surface area contributed by atoms with Gasteiger partial charge in [-0.15, -0.1) is 0 Å². The summed E-state index contributed by atoms with van der Waals surface area (Å²) in [5.74, 6) is 0.898. The lowest BCUT2D eigenvalue weighted by Crippen LogP contribution is -2.29. The molecule has 0 spiro atoms. The predicted molar refractivity (Wildman–Crippen MR) is 60.9 cm³/mol. The molecular weight excluding hydrogens is 204 g/mol. The number of hydrogen-bond donors (Lipinski definition) is 1. The standard InChI is InChI=1S/C12H18N2O2/c1-9-12(10(2)16-14-9)8-13-7-11-5-3-4-6-15-11/h4,6,11,13H,3,5,7-8H2,1-2H3. The van der Waals surface area contributed by atoms with Crippen LogP contribution in [0.2, 0.25) is 0 Å². The van der Waals surface area contributed by atoms with Gasteiger partial charge in [-0.3, -0.25) is 0 Å². The summed E-state index contributed by atoms with van der Waals surface area (Å²) in [5.41, 5.74) is 2.13. The van der Waals surface area contributed by atoms with Crippen LogP contribution in [0, 0.1) is 13.8 Å². The highest BCUT2D eigenvalue weighted by molar-refractivity contribution is 5.20. The lowest BCUT2D eigenvalue weighted by Gasteiger charge is -2.19. The molecule has 0 saturated carbocycles. The zero-order valence-electron chi connectivity index (χ0n) is 9.82. The van der Waals surface area contributed by atoms with Gasteiger partial charge in [0, 0.05) is 18.7 Å². The normalized spacial score (nSPS) is 19.8. The molecule has 0 saturated heterocycles. The van der Waals surface area contributed by atoms with Gasteiger partial charge in [-0.25, -0.2) is 0 Å². The summed E-state index contributed by atoms with van der Waals surface area (Å²) in [6, 6.07) is 0. The Bertz CT molecular complexity index is 352. The third-order valence-electron chi connectivity index (χ3n) is 2.88. The van der Waals surface area contributed by atoms with Crippen LogP contribution < -0.4 is 5.32 Å². The molecule has 0 fully saturated rings. The van der Waals surface area contributed by atoms with E-state index in [9.17, 15) is 0 Å². The van der Waals surface area contributed by atoms with E-state index >= 15 is 0 Å². The van der Waals surface area contributed by atoms with Crippen molar-refractivity contribution in [2.45, 2.75) is 39.3 Å². The van der Waals surface area contributed by atoms with Crippen molar-refractivity contribution in [3.63, 3.8) is 0 Å². The third-order valence-corrected chi connectivity index (χ3v) is 2.88. The highest BCUT2D eigenvalue weighted by atomic mass is 16.5. The molecule has 88 valence electrons. The molecule has 1 atom stereocenters. The largest absolute Gasteiger partial charge is 0.497 e. The van der Waals surface area contributed by atoms with Crippen LogP contribution in [0.4, 0.5) is 0 Å². The van der Waals surface area contributed by atoms with Crippen LogP contribution >= 0.6 is 0 Å². The average Bonchev–Trinajstić information content (AvgIpc) is 2.62. The molecule has 1 unspecified atom stereocenters. The molecule has 0 aromatic carbocycles. The molecule has 0 bridgehead atoms. The summed E-state index contributed by atoms with van der Waals surface area (Å²) in [7, 11) is 0. The van der Waals surface area contributed by atoms with Crippen LogP contribution in [-0.4, -0.2) is 17.8 Å². The van der Waals surface area contributed by atoms with E-state index in [-0.39, 0.29) is 0 Å². The SMILES string of the molecule is Cc1noc(C)c1CNCC1CCC=CO1. The van der Waals surface area contributed by atoms with Crippen molar-refractivity contribution in [3.8, 4) is 0 Å². The predicted octanol–water partition coefficient (Wildman–Crippen LogP) is 2.07. The fourth-order valence-electron chi connectivity index (χ4n) is 1.85. The van der Waals surface area contributed by atoms with Crippen LogP contribution in [0.15, 0.2) is 16.9 Å². The van der Waals surface area contributed by atoms with Gasteiger partial charge in [-0.1, -0.05) is 5.16 Å². The van der Waals surface area contributed by atoms with Crippen molar-refractivity contribution in [1.29, 1.82) is 0 Å². The summed E-state index contributed by atoms with van der Waals surface area (Å²) in [5, 5.41) is 7.30. The first-order valence-corrected chi connectivity index (χ1v) is 5.70. The van der Waals surface area contributed by atoms with E-state index in [2.05, 4.69) is 16.5 Å². The zero-order valence-corrected chi connectivity index (χ0v) is 9.82. The van der Waals surface area contributed by atoms with E-state index in [0.29, 0.717) is 6.10 Å². The Hall–Kier alpha value is -1.29. The zero-order chi connectivity index (χ0) is 11.4. The monoisotopic (exact) mass is 222 g/mol. The van der Waals surface area contributed by atoms with Gasteiger partial charge < -0.3 is 14.6 Å². The molecule has 1 aliphatic heterocycles. The Morgan fingerprint density at radius 1 is 1.50 bits per heavy atom. The van der Waals surface area contributed by atoms with Gasteiger partial charge in [0.05, 0.1) is 12.0 Å². The van der Waals surface area contributed by atoms with Crippen molar-refractivity contribution in [1.82, 2.24) is 10.5 Å². The molecule has 4 heteroatoms. The maximum Gasteiger partial charge on any atom is 0.138 e. The van der Waals surface area contributed by atoms with Crippen LogP contribution in [0.25, 0.3) is 0 Å². The van der Waals surface area contributed by atoms with Crippen LogP contribution in [-0.2, 0) is 11.3 Å². The van der Waals surface area contributed by atoms with Crippen molar-refractivity contribution >= 4 is 0 Å². The van der Waals surface area contributed by atoms with Crippen LogP contribution in [0.5, 0.6) is 0 Å². The van der Waals surface area contributed by atoms with Gasteiger partial charge >= 0.3 is 0 Å². The number of ether oxygens (including phenoxy) is 1. The number of allylic oxidation sites excluding steroid dienone is 1. The molecule has 0 aliphatic carbocycles. The first-order chi connectivity index (χ1) is 7.77. The molecule has 2 rings (SSSR count). The summed E-state index contributed by atoms with van der Waals surface area (Å²) in [4.78, 5) is 0. The second kappa shape index (κ2) is 5.16. The molecule has 2 heterocycles. The van der Waals surface area contributed by atoms with Crippen LogP contribution in [0.3, 0.4) is 0 Å². The molecule has 16 heavy (non-hydrogen) atoms. The number of nitrogens with one attached hydrogen (secondary N) is 1. The number of aromatic nitrogens is 1. The molecule has 1 aliphatic rings. The van der Waals surface area contributed by atoms with Gasteiger partial charge in [0.1, 0.15) is 11.9 Å². The Morgan fingerprint density at radius 3 is 3.00 bits per heavy atom. The van der Waals surface area contributed by atoms with Gasteiger partial charge in [0.25, 0.3) is 0 Å². The molecule has 1 N–H and O–H groups in total. The second-order valence-electron chi connectivity index (χ2n) is 4.14. The first kappa shape index (κ1) is 11.2. The molecular formula is C12H18N2O2. The summed E-state index contributed by atoms with van der Waals surface area (Å²) >= 11 is 0. The Labute approximate surface area is 95.6 Å². The van der Waals surface area contributed by atoms with Crippen LogP contribution in [0.1, 0.15) is 29.9 Å². The molecule has 1 aromatic heterocycles. The van der Waals surface area contributed by atoms with Crippen molar-refractivity contribution in [2.24, 2.45) is 0 Å². The van der Waals surface area contributed by atoms with Gasteiger partial charge in [0.2, 0.25) is 0 Å². The molecule has 0 radical (unpaired) electrons. The van der Waals surface area contributed by atoms with Crippen molar-refractivity contribution in [2.75, 3.05) is 6.54 Å². The smallest absolute Gasteiger partial charge is 0.138 e. The molecule has 0 amide bonds. The Morgan fingerprint density at radius 2 is 2.38 bits per heavy atom. The minimum Gasteiger partial charge on any atom is -0.497 e. The number of nitrogens with zero attached hydrogens (tertiary/aromatic N) is 1.